The molecule has 0 bridgehead atoms. The fourth-order valence-electron chi connectivity index (χ4n) is 1.53. The van der Waals surface area contributed by atoms with Crippen LogP contribution in [0.2, 0.25) is 4.34 Å². The Balaban J connectivity index is 1.79. The fourth-order valence-corrected chi connectivity index (χ4v) is 2.60. The molecule has 0 saturated heterocycles. The van der Waals surface area contributed by atoms with Crippen molar-refractivity contribution in [3.05, 3.63) is 21.3 Å². The average Bonchev–Trinajstić information content (AvgIpc) is 3.02. The topological polar surface area (TPSA) is 41.6 Å². The second kappa shape index (κ2) is 5.06. The molecule has 1 aromatic heterocycles. The van der Waals surface area contributed by atoms with Crippen LogP contribution in [0, 0.1) is 0 Å². The van der Waals surface area contributed by atoms with Gasteiger partial charge < -0.3 is 10.6 Å². The molecule has 1 fully saturated rings. The lowest BCUT2D eigenvalue weighted by atomic mass is 10.3. The maximum atomic E-state index is 5.88. The molecular weight excluding hydrogens is 242 g/mol. The van der Waals surface area contributed by atoms with E-state index in [2.05, 4.69) is 9.89 Å². The number of thiophene rings is 1. The highest BCUT2D eigenvalue weighted by molar-refractivity contribution is 7.16. The smallest absolute Gasteiger partial charge is 0.191 e. The van der Waals surface area contributed by atoms with E-state index in [0.29, 0.717) is 12.0 Å². The second-order valence-electron chi connectivity index (χ2n) is 4.04. The van der Waals surface area contributed by atoms with Crippen molar-refractivity contribution in [1.29, 1.82) is 0 Å². The summed E-state index contributed by atoms with van der Waals surface area (Å²) < 4.78 is 0.835. The minimum Gasteiger partial charge on any atom is -0.370 e. The molecule has 0 radical (unpaired) electrons. The average molecular weight is 258 g/mol. The Hall–Kier alpha value is -0.740. The molecule has 0 aliphatic heterocycles. The van der Waals surface area contributed by atoms with Crippen molar-refractivity contribution in [3.8, 4) is 0 Å². The van der Waals surface area contributed by atoms with Crippen LogP contribution in [-0.4, -0.2) is 30.5 Å². The quantitative estimate of drug-likeness (QED) is 0.665. The highest BCUT2D eigenvalue weighted by Crippen LogP contribution is 2.25. The minimum absolute atomic E-state index is 0.625. The Labute approximate surface area is 105 Å². The summed E-state index contributed by atoms with van der Waals surface area (Å²) in [6.45, 7) is 0.736. The first-order valence-corrected chi connectivity index (χ1v) is 6.63. The highest BCUT2D eigenvalue weighted by Gasteiger charge is 2.27. The van der Waals surface area contributed by atoms with Gasteiger partial charge in [0.1, 0.15) is 0 Å². The van der Waals surface area contributed by atoms with Gasteiger partial charge in [-0.2, -0.15) is 0 Å². The van der Waals surface area contributed by atoms with Gasteiger partial charge >= 0.3 is 0 Å². The molecule has 88 valence electrons. The number of nitrogens with two attached hydrogens (primary N) is 1. The molecule has 0 amide bonds. The van der Waals surface area contributed by atoms with Crippen LogP contribution in [0.3, 0.4) is 0 Å². The first kappa shape index (κ1) is 11.7. The van der Waals surface area contributed by atoms with Crippen molar-refractivity contribution in [2.24, 2.45) is 10.7 Å². The first-order chi connectivity index (χ1) is 7.66. The van der Waals surface area contributed by atoms with Crippen LogP contribution in [0.4, 0.5) is 0 Å². The monoisotopic (exact) mass is 257 g/mol. The van der Waals surface area contributed by atoms with Crippen molar-refractivity contribution in [3.63, 3.8) is 0 Å². The van der Waals surface area contributed by atoms with Crippen LogP contribution in [0.25, 0.3) is 0 Å². The summed E-state index contributed by atoms with van der Waals surface area (Å²) in [5, 5.41) is 0. The van der Waals surface area contributed by atoms with Gasteiger partial charge in [-0.05, 0) is 25.0 Å². The molecule has 0 unspecified atom stereocenters. The maximum Gasteiger partial charge on any atom is 0.191 e. The molecular formula is C11H16ClN3S. The highest BCUT2D eigenvalue weighted by atomic mass is 35.5. The lowest BCUT2D eigenvalue weighted by molar-refractivity contribution is 0.487. The maximum absolute atomic E-state index is 5.88. The number of rotatable bonds is 4. The number of hydrogen-bond acceptors (Lipinski definition) is 2. The van der Waals surface area contributed by atoms with Crippen LogP contribution in [0.1, 0.15) is 17.7 Å². The molecule has 1 saturated carbocycles. The van der Waals surface area contributed by atoms with Crippen LogP contribution in [0.15, 0.2) is 17.1 Å². The van der Waals surface area contributed by atoms with Gasteiger partial charge in [0.25, 0.3) is 0 Å². The zero-order chi connectivity index (χ0) is 11.5. The van der Waals surface area contributed by atoms with E-state index in [1.807, 2.05) is 19.2 Å². The molecule has 1 aromatic rings. The van der Waals surface area contributed by atoms with Gasteiger partial charge in [0.15, 0.2) is 5.96 Å². The Morgan fingerprint density at radius 3 is 2.94 bits per heavy atom. The zero-order valence-corrected chi connectivity index (χ0v) is 10.9. The summed E-state index contributed by atoms with van der Waals surface area (Å²) in [4.78, 5) is 7.70. The third kappa shape index (κ3) is 3.12. The zero-order valence-electron chi connectivity index (χ0n) is 9.32. The van der Waals surface area contributed by atoms with Crippen molar-refractivity contribution in [2.75, 3.05) is 13.6 Å². The predicted molar refractivity (Wildman–Crippen MR) is 70.3 cm³/mol. The molecule has 0 atom stereocenters. The van der Waals surface area contributed by atoms with Gasteiger partial charge in [-0.15, -0.1) is 11.3 Å². The summed E-state index contributed by atoms with van der Waals surface area (Å²) in [7, 11) is 2.01. The van der Waals surface area contributed by atoms with Gasteiger partial charge in [0, 0.05) is 30.9 Å². The molecule has 0 spiro atoms. The molecule has 2 rings (SSSR count). The number of nitrogens with zero attached hydrogens (tertiary/aromatic N) is 2. The van der Waals surface area contributed by atoms with E-state index in [0.717, 1.165) is 17.3 Å². The predicted octanol–water partition coefficient (Wildman–Crippen LogP) is 2.35. The SMILES string of the molecule is CN(C(N)=NCCc1ccc(Cl)s1)C1CC1. The first-order valence-electron chi connectivity index (χ1n) is 5.44. The minimum atomic E-state index is 0.625. The fraction of sp³-hybridized carbons (Fsp3) is 0.545. The van der Waals surface area contributed by atoms with Crippen LogP contribution in [-0.2, 0) is 6.42 Å². The molecule has 1 aliphatic carbocycles. The van der Waals surface area contributed by atoms with Gasteiger partial charge in [-0.25, -0.2) is 0 Å². The molecule has 1 aliphatic rings. The molecule has 1 heterocycles. The van der Waals surface area contributed by atoms with Crippen LogP contribution in [0.5, 0.6) is 0 Å². The van der Waals surface area contributed by atoms with Crippen molar-refractivity contribution in [1.82, 2.24) is 4.90 Å². The van der Waals surface area contributed by atoms with E-state index in [1.165, 1.54) is 17.7 Å². The third-order valence-corrected chi connectivity index (χ3v) is 4.01. The number of halogens is 1. The number of guanidine groups is 1. The lowest BCUT2D eigenvalue weighted by Crippen LogP contribution is -2.35. The van der Waals surface area contributed by atoms with Crippen molar-refractivity contribution in [2.45, 2.75) is 25.3 Å². The van der Waals surface area contributed by atoms with Gasteiger partial charge in [0.05, 0.1) is 4.34 Å². The lowest BCUT2D eigenvalue weighted by Gasteiger charge is -2.16. The summed E-state index contributed by atoms with van der Waals surface area (Å²) in [5.41, 5.74) is 5.88. The normalized spacial score (nSPS) is 16.5. The number of aliphatic imine (C=N–C) groups is 1. The van der Waals surface area contributed by atoms with E-state index in [9.17, 15) is 0 Å². The summed E-state index contributed by atoms with van der Waals surface area (Å²) in [6, 6.07) is 4.59. The third-order valence-electron chi connectivity index (χ3n) is 2.72. The van der Waals surface area contributed by atoms with E-state index in [-0.39, 0.29) is 0 Å². The van der Waals surface area contributed by atoms with E-state index < -0.39 is 0 Å². The Bertz CT molecular complexity index is 384. The largest absolute Gasteiger partial charge is 0.370 e. The Morgan fingerprint density at radius 2 is 2.38 bits per heavy atom. The van der Waals surface area contributed by atoms with Crippen LogP contribution < -0.4 is 5.73 Å². The van der Waals surface area contributed by atoms with Gasteiger partial charge in [-0.1, -0.05) is 11.6 Å². The number of hydrogen-bond donors (Lipinski definition) is 1. The van der Waals surface area contributed by atoms with Crippen molar-refractivity contribution >= 4 is 28.9 Å². The van der Waals surface area contributed by atoms with E-state index >= 15 is 0 Å². The van der Waals surface area contributed by atoms with E-state index in [4.69, 9.17) is 17.3 Å². The van der Waals surface area contributed by atoms with Gasteiger partial charge in [0.2, 0.25) is 0 Å². The molecule has 0 aromatic carbocycles. The summed E-state index contributed by atoms with van der Waals surface area (Å²) in [5.74, 6) is 0.658. The molecule has 3 nitrogen and oxygen atoms in total. The second-order valence-corrected chi connectivity index (χ2v) is 5.84. The standard InChI is InChI=1S/C11H16ClN3S/c1-15(8-2-3-8)11(13)14-7-6-9-4-5-10(12)16-9/h4-5,8H,2-3,6-7H2,1H3,(H2,13,14). The van der Waals surface area contributed by atoms with E-state index in [1.54, 1.807) is 11.3 Å². The van der Waals surface area contributed by atoms with Crippen molar-refractivity contribution < 1.29 is 0 Å². The Morgan fingerprint density at radius 1 is 1.62 bits per heavy atom. The van der Waals surface area contributed by atoms with Crippen LogP contribution >= 0.6 is 22.9 Å². The molecule has 16 heavy (non-hydrogen) atoms. The molecule has 2 N–H and O–H groups in total. The van der Waals surface area contributed by atoms with Gasteiger partial charge in [-0.3, -0.25) is 4.99 Å². The molecule has 5 heteroatoms. The summed E-state index contributed by atoms with van der Waals surface area (Å²) >= 11 is 7.46. The Kier molecular flexibility index (Phi) is 3.71. The summed E-state index contributed by atoms with van der Waals surface area (Å²) in [6.07, 6.45) is 3.40.